The Morgan fingerprint density at radius 3 is 2.05 bits per heavy atom. The zero-order valence-electron chi connectivity index (χ0n) is 21.3. The SMILES string of the molecule is CC(Cc1ccc(N2C(N)=NC(N)=NC2(C)C)cc1)C(=O)Nc1ccc(S(=O)(=O)F)cc1.CCS(=O)(=O)O. The van der Waals surface area contributed by atoms with Crippen LogP contribution in [0.3, 0.4) is 0 Å². The van der Waals surface area contributed by atoms with E-state index in [4.69, 9.17) is 16.0 Å². The Morgan fingerprint density at radius 2 is 1.61 bits per heavy atom. The fraction of sp³-hybridized carbons (Fsp3) is 0.348. The molecule has 12 nitrogen and oxygen atoms in total. The van der Waals surface area contributed by atoms with Crippen molar-refractivity contribution in [3.05, 3.63) is 54.1 Å². The molecule has 1 amide bonds. The van der Waals surface area contributed by atoms with Crippen LogP contribution in [0.25, 0.3) is 0 Å². The second-order valence-corrected chi connectivity index (χ2v) is 12.0. The normalized spacial score (nSPS) is 15.9. The second kappa shape index (κ2) is 11.9. The van der Waals surface area contributed by atoms with Gasteiger partial charge in [-0.1, -0.05) is 19.1 Å². The monoisotopic (exact) mass is 570 g/mol. The molecule has 6 N–H and O–H groups in total. The minimum Gasteiger partial charge on any atom is -0.369 e. The second-order valence-electron chi connectivity index (χ2n) is 8.86. The first kappa shape index (κ1) is 30.7. The van der Waals surface area contributed by atoms with Crippen LogP contribution in [0.4, 0.5) is 15.3 Å². The molecule has 0 saturated carbocycles. The van der Waals surface area contributed by atoms with E-state index in [2.05, 4.69) is 15.3 Å². The lowest BCUT2D eigenvalue weighted by Gasteiger charge is -2.38. The lowest BCUT2D eigenvalue weighted by Crippen LogP contribution is -2.54. The van der Waals surface area contributed by atoms with Crippen LogP contribution in [0, 0.1) is 5.92 Å². The van der Waals surface area contributed by atoms with Crippen molar-refractivity contribution >= 4 is 49.5 Å². The largest absolute Gasteiger partial charge is 0.369 e. The highest BCUT2D eigenvalue weighted by Gasteiger charge is 2.32. The molecule has 0 saturated heterocycles. The fourth-order valence-corrected chi connectivity index (χ4v) is 3.91. The Kier molecular flexibility index (Phi) is 9.58. The van der Waals surface area contributed by atoms with Gasteiger partial charge in [-0.15, -0.1) is 3.89 Å². The van der Waals surface area contributed by atoms with Gasteiger partial charge >= 0.3 is 10.2 Å². The van der Waals surface area contributed by atoms with Crippen LogP contribution >= 0.6 is 0 Å². The summed E-state index contributed by atoms with van der Waals surface area (Å²) < 4.78 is 61.7. The topological polar surface area (TPSA) is 198 Å². The number of hydrogen-bond donors (Lipinski definition) is 4. The average molecular weight is 571 g/mol. The van der Waals surface area contributed by atoms with E-state index >= 15 is 0 Å². The number of guanidine groups is 2. The van der Waals surface area contributed by atoms with Crippen LogP contribution in [0.2, 0.25) is 0 Å². The van der Waals surface area contributed by atoms with Crippen molar-refractivity contribution in [1.29, 1.82) is 0 Å². The molecule has 3 rings (SSSR count). The summed E-state index contributed by atoms with van der Waals surface area (Å²) in [5.41, 5.74) is 13.2. The first-order valence-corrected chi connectivity index (χ1v) is 14.3. The summed E-state index contributed by atoms with van der Waals surface area (Å²) in [6.07, 6.45) is 0.473. The molecular weight excluding hydrogens is 539 g/mol. The highest BCUT2D eigenvalue weighted by molar-refractivity contribution is 7.86. The van der Waals surface area contributed by atoms with E-state index in [1.54, 1.807) is 11.8 Å². The highest BCUT2D eigenvalue weighted by Crippen LogP contribution is 2.28. The van der Waals surface area contributed by atoms with Gasteiger partial charge in [0.05, 0.1) is 10.6 Å². The van der Waals surface area contributed by atoms with Gasteiger partial charge in [-0.25, -0.2) is 4.99 Å². The molecular formula is C23H31FN6O6S2. The number of anilines is 2. The van der Waals surface area contributed by atoms with E-state index in [0.717, 1.165) is 23.4 Å². The molecule has 0 aromatic heterocycles. The van der Waals surface area contributed by atoms with E-state index in [1.165, 1.54) is 19.1 Å². The molecule has 38 heavy (non-hydrogen) atoms. The molecule has 2 aromatic carbocycles. The number of nitrogens with one attached hydrogen (secondary N) is 1. The van der Waals surface area contributed by atoms with Crippen molar-refractivity contribution in [2.45, 2.75) is 44.7 Å². The van der Waals surface area contributed by atoms with Crippen molar-refractivity contribution in [2.24, 2.45) is 27.4 Å². The molecule has 1 heterocycles. The average Bonchev–Trinajstić information content (AvgIpc) is 2.78. The lowest BCUT2D eigenvalue weighted by molar-refractivity contribution is -0.119. The number of rotatable bonds is 7. The number of nitrogens with zero attached hydrogens (tertiary/aromatic N) is 3. The number of amides is 1. The minimum atomic E-state index is -4.78. The van der Waals surface area contributed by atoms with Crippen molar-refractivity contribution < 1.29 is 30.1 Å². The summed E-state index contributed by atoms with van der Waals surface area (Å²) in [7, 11) is -8.44. The van der Waals surface area contributed by atoms with Gasteiger partial charge < -0.3 is 16.8 Å². The molecule has 208 valence electrons. The van der Waals surface area contributed by atoms with Gasteiger partial charge in [0.1, 0.15) is 5.66 Å². The molecule has 0 bridgehead atoms. The van der Waals surface area contributed by atoms with Gasteiger partial charge in [0.2, 0.25) is 17.8 Å². The molecule has 1 aliphatic heterocycles. The van der Waals surface area contributed by atoms with Crippen LogP contribution in [0.1, 0.15) is 33.3 Å². The minimum absolute atomic E-state index is 0.126. The van der Waals surface area contributed by atoms with E-state index in [0.29, 0.717) is 12.1 Å². The Hall–Kier alpha value is -3.56. The summed E-state index contributed by atoms with van der Waals surface area (Å²) in [6, 6.07) is 12.4. The number of hydrogen-bond acceptors (Lipinski definition) is 10. The Balaban J connectivity index is 0.000000757. The van der Waals surface area contributed by atoms with E-state index in [-0.39, 0.29) is 29.5 Å². The highest BCUT2D eigenvalue weighted by atomic mass is 32.3. The molecule has 0 aliphatic carbocycles. The molecule has 1 aliphatic rings. The predicted octanol–water partition coefficient (Wildman–Crippen LogP) is 2.24. The number of benzene rings is 2. The van der Waals surface area contributed by atoms with Gasteiger partial charge in [0.15, 0.2) is 0 Å². The maximum Gasteiger partial charge on any atom is 0.332 e. The van der Waals surface area contributed by atoms with Crippen molar-refractivity contribution in [3.63, 3.8) is 0 Å². The van der Waals surface area contributed by atoms with Crippen LogP contribution < -0.4 is 21.7 Å². The van der Waals surface area contributed by atoms with Gasteiger partial charge in [-0.3, -0.25) is 14.2 Å². The first-order valence-electron chi connectivity index (χ1n) is 11.3. The quantitative estimate of drug-likeness (QED) is 0.285. The number of carbonyl (C=O) groups is 1. The van der Waals surface area contributed by atoms with Gasteiger partial charge in [-0.2, -0.15) is 21.8 Å². The molecule has 1 atom stereocenters. The maximum absolute atomic E-state index is 13.0. The molecule has 2 aromatic rings. The first-order chi connectivity index (χ1) is 17.4. The van der Waals surface area contributed by atoms with Gasteiger partial charge in [0, 0.05) is 17.3 Å². The molecule has 0 fully saturated rings. The van der Waals surface area contributed by atoms with Crippen LogP contribution in [-0.2, 0) is 31.6 Å². The third kappa shape index (κ3) is 8.78. The maximum atomic E-state index is 13.0. The van der Waals surface area contributed by atoms with Crippen LogP contribution in [-0.4, -0.2) is 50.6 Å². The number of aliphatic imine (C=N–C) groups is 2. The Bertz CT molecular complexity index is 1420. The molecule has 15 heteroatoms. The van der Waals surface area contributed by atoms with Crippen molar-refractivity contribution in [3.8, 4) is 0 Å². The summed E-state index contributed by atoms with van der Waals surface area (Å²) >= 11 is 0. The molecule has 0 radical (unpaired) electrons. The van der Waals surface area contributed by atoms with E-state index in [1.807, 2.05) is 38.1 Å². The van der Waals surface area contributed by atoms with E-state index in [9.17, 15) is 25.5 Å². The summed E-state index contributed by atoms with van der Waals surface area (Å²) in [4.78, 5) is 22.2. The van der Waals surface area contributed by atoms with Gasteiger partial charge in [0.25, 0.3) is 10.1 Å². The number of carbonyl (C=O) groups excluding carboxylic acids is 1. The summed E-state index contributed by atoms with van der Waals surface area (Å²) in [5.74, 6) is -0.445. The third-order valence-corrected chi connectivity index (χ3v) is 6.91. The van der Waals surface area contributed by atoms with Crippen LogP contribution in [0.5, 0.6) is 0 Å². The number of halogens is 1. The third-order valence-electron chi connectivity index (χ3n) is 5.35. The molecule has 1 unspecified atom stereocenters. The van der Waals surface area contributed by atoms with Crippen molar-refractivity contribution in [1.82, 2.24) is 0 Å². The Morgan fingerprint density at radius 1 is 1.08 bits per heavy atom. The predicted molar refractivity (Wildman–Crippen MR) is 145 cm³/mol. The molecule has 0 spiro atoms. The van der Waals surface area contributed by atoms with Gasteiger partial charge in [-0.05, 0) is 69.2 Å². The van der Waals surface area contributed by atoms with Crippen molar-refractivity contribution in [2.75, 3.05) is 16.0 Å². The summed E-state index contributed by atoms with van der Waals surface area (Å²) in [6.45, 7) is 6.89. The smallest absolute Gasteiger partial charge is 0.332 e. The zero-order chi connectivity index (χ0) is 28.9. The number of nitrogens with two attached hydrogens (primary N) is 2. The fourth-order valence-electron chi connectivity index (χ4n) is 3.44. The Labute approximate surface area is 221 Å². The summed E-state index contributed by atoms with van der Waals surface area (Å²) in [5, 5.41) is 2.70. The standard InChI is InChI=1S/C21H25FN6O3S.C2H6O3S/c1-13(18(29)25-15-6-10-17(11-7-15)32(22,30)31)12-14-4-8-16(9-5-14)28-20(24)26-19(23)27-21(28,2)3;1-2-6(3,4)5/h4-11,13H,12H2,1-3H3,(H,25,29)(H4,23,24,26,27);2H2,1H3,(H,3,4,5). The van der Waals surface area contributed by atoms with E-state index < -0.39 is 30.9 Å². The van der Waals surface area contributed by atoms with Crippen LogP contribution in [0.15, 0.2) is 63.4 Å². The lowest BCUT2D eigenvalue weighted by atomic mass is 9.99. The zero-order valence-corrected chi connectivity index (χ0v) is 22.9.